The van der Waals surface area contributed by atoms with Crippen LogP contribution >= 0.6 is 0 Å². The molecule has 86 valence electrons. The van der Waals surface area contributed by atoms with Crippen molar-refractivity contribution < 1.29 is 9.90 Å². The number of carbonyl (C=O) groups excluding carboxylic acids is 1. The molecule has 1 amide bonds. The number of aromatic hydroxyl groups is 1. The summed E-state index contributed by atoms with van der Waals surface area (Å²) in [5.74, 6) is -0.365. The van der Waals surface area contributed by atoms with Gasteiger partial charge in [-0.1, -0.05) is 12.2 Å². The lowest BCUT2D eigenvalue weighted by Crippen LogP contribution is -2.32. The van der Waals surface area contributed by atoms with Crippen molar-refractivity contribution in [3.8, 4) is 5.75 Å². The molecule has 1 aromatic rings. The van der Waals surface area contributed by atoms with E-state index in [2.05, 4.69) is 11.6 Å². The highest BCUT2D eigenvalue weighted by Crippen LogP contribution is 2.15. The summed E-state index contributed by atoms with van der Waals surface area (Å²) in [7, 11) is 0. The molecule has 0 aromatic carbocycles. The van der Waals surface area contributed by atoms with Crippen LogP contribution in [0.1, 0.15) is 24.3 Å². The summed E-state index contributed by atoms with van der Waals surface area (Å²) in [6.45, 7) is 8.53. The van der Waals surface area contributed by atoms with Crippen LogP contribution in [0, 0.1) is 0 Å². The molecule has 0 bridgehead atoms. The molecule has 0 radical (unpaired) electrons. The fourth-order valence-corrected chi connectivity index (χ4v) is 1.36. The molecule has 0 aliphatic rings. The van der Waals surface area contributed by atoms with Gasteiger partial charge in [0.25, 0.3) is 5.91 Å². The van der Waals surface area contributed by atoms with Gasteiger partial charge in [-0.05, 0) is 26.0 Å². The zero-order chi connectivity index (χ0) is 12.1. The largest absolute Gasteiger partial charge is 0.505 e. The van der Waals surface area contributed by atoms with E-state index in [-0.39, 0.29) is 17.4 Å². The number of pyridine rings is 1. The third kappa shape index (κ3) is 2.82. The van der Waals surface area contributed by atoms with Gasteiger partial charge in [-0.3, -0.25) is 4.79 Å². The van der Waals surface area contributed by atoms with Crippen molar-refractivity contribution >= 4 is 5.91 Å². The second-order valence-electron chi connectivity index (χ2n) is 3.65. The first kappa shape index (κ1) is 12.2. The van der Waals surface area contributed by atoms with Crippen molar-refractivity contribution in [2.75, 3.05) is 13.1 Å². The lowest BCUT2D eigenvalue weighted by atomic mass is 10.2. The Hall–Kier alpha value is -1.84. The molecule has 1 rings (SSSR count). The highest BCUT2D eigenvalue weighted by molar-refractivity contribution is 5.94. The summed E-state index contributed by atoms with van der Waals surface area (Å²) < 4.78 is 0. The van der Waals surface area contributed by atoms with E-state index in [1.165, 1.54) is 12.3 Å². The van der Waals surface area contributed by atoms with Gasteiger partial charge in [-0.25, -0.2) is 4.98 Å². The van der Waals surface area contributed by atoms with E-state index in [4.69, 9.17) is 0 Å². The number of amides is 1. The fraction of sp³-hybridized carbons (Fsp3) is 0.333. The Balaban J connectivity index is 2.91. The third-order valence-corrected chi connectivity index (χ3v) is 2.12. The minimum atomic E-state index is -0.274. The minimum absolute atomic E-state index is 0.0885. The van der Waals surface area contributed by atoms with Gasteiger partial charge < -0.3 is 10.0 Å². The standard InChI is InChI=1S/C12H16N2O2/c1-4-14(8-9(2)3)12(16)11-10(15)6-5-7-13-11/h5-7,15H,2,4,8H2,1,3H3. The van der Waals surface area contributed by atoms with E-state index in [0.717, 1.165) is 5.57 Å². The lowest BCUT2D eigenvalue weighted by molar-refractivity contribution is 0.0769. The smallest absolute Gasteiger partial charge is 0.276 e. The van der Waals surface area contributed by atoms with Crippen LogP contribution in [0.5, 0.6) is 5.75 Å². The number of rotatable bonds is 4. The van der Waals surface area contributed by atoms with E-state index in [9.17, 15) is 9.90 Å². The van der Waals surface area contributed by atoms with Crippen LogP contribution in [0.2, 0.25) is 0 Å². The van der Waals surface area contributed by atoms with Gasteiger partial charge in [0.15, 0.2) is 5.69 Å². The summed E-state index contributed by atoms with van der Waals surface area (Å²) >= 11 is 0. The molecule has 0 spiro atoms. The van der Waals surface area contributed by atoms with E-state index in [1.807, 2.05) is 13.8 Å². The first-order valence-corrected chi connectivity index (χ1v) is 5.14. The van der Waals surface area contributed by atoms with Gasteiger partial charge in [0.1, 0.15) is 5.75 Å². The van der Waals surface area contributed by atoms with Gasteiger partial charge in [0.05, 0.1) is 0 Å². The molecule has 1 aromatic heterocycles. The predicted octanol–water partition coefficient (Wildman–Crippen LogP) is 1.83. The predicted molar refractivity (Wildman–Crippen MR) is 62.3 cm³/mol. The zero-order valence-corrected chi connectivity index (χ0v) is 9.60. The Bertz CT molecular complexity index is 402. The van der Waals surface area contributed by atoms with E-state index in [1.54, 1.807) is 11.0 Å². The molecular formula is C12H16N2O2. The number of nitrogens with zero attached hydrogens (tertiary/aromatic N) is 2. The van der Waals surface area contributed by atoms with Gasteiger partial charge in [-0.15, -0.1) is 0 Å². The SMILES string of the molecule is C=C(C)CN(CC)C(=O)c1ncccc1O. The summed E-state index contributed by atoms with van der Waals surface area (Å²) in [6, 6.07) is 3.04. The lowest BCUT2D eigenvalue weighted by Gasteiger charge is -2.20. The molecule has 0 saturated carbocycles. The number of hydrogen-bond acceptors (Lipinski definition) is 3. The zero-order valence-electron chi connectivity index (χ0n) is 9.60. The number of aromatic nitrogens is 1. The first-order valence-electron chi connectivity index (χ1n) is 5.14. The maximum atomic E-state index is 12.0. The summed E-state index contributed by atoms with van der Waals surface area (Å²) in [5, 5.41) is 9.53. The molecule has 0 atom stereocenters. The second-order valence-corrected chi connectivity index (χ2v) is 3.65. The van der Waals surface area contributed by atoms with Gasteiger partial charge in [-0.2, -0.15) is 0 Å². The van der Waals surface area contributed by atoms with Crippen LogP contribution in [0.15, 0.2) is 30.5 Å². The average molecular weight is 220 g/mol. The van der Waals surface area contributed by atoms with Crippen LogP contribution in [0.25, 0.3) is 0 Å². The molecule has 4 heteroatoms. The van der Waals surface area contributed by atoms with Gasteiger partial charge in [0.2, 0.25) is 0 Å². The normalized spacial score (nSPS) is 9.88. The maximum absolute atomic E-state index is 12.0. The first-order chi connectivity index (χ1) is 7.56. The van der Waals surface area contributed by atoms with Gasteiger partial charge >= 0.3 is 0 Å². The summed E-state index contributed by atoms with van der Waals surface area (Å²) in [6.07, 6.45) is 1.49. The molecule has 1 N–H and O–H groups in total. The van der Waals surface area contributed by atoms with Crippen molar-refractivity contribution in [2.24, 2.45) is 0 Å². The quantitative estimate of drug-likeness (QED) is 0.787. The van der Waals surface area contributed by atoms with Crippen LogP contribution < -0.4 is 0 Å². The van der Waals surface area contributed by atoms with Crippen LogP contribution in [0.4, 0.5) is 0 Å². The Labute approximate surface area is 95.2 Å². The molecule has 1 heterocycles. The van der Waals surface area contributed by atoms with Crippen LogP contribution in [0.3, 0.4) is 0 Å². The Morgan fingerprint density at radius 1 is 1.62 bits per heavy atom. The van der Waals surface area contributed by atoms with Crippen molar-refractivity contribution in [1.29, 1.82) is 0 Å². The Kier molecular flexibility index (Phi) is 4.05. The topological polar surface area (TPSA) is 53.4 Å². The van der Waals surface area contributed by atoms with Crippen molar-refractivity contribution in [3.05, 3.63) is 36.2 Å². The highest BCUT2D eigenvalue weighted by atomic mass is 16.3. The maximum Gasteiger partial charge on any atom is 0.276 e. The number of hydrogen-bond donors (Lipinski definition) is 1. The molecule has 0 fully saturated rings. The van der Waals surface area contributed by atoms with Crippen molar-refractivity contribution in [2.45, 2.75) is 13.8 Å². The Morgan fingerprint density at radius 2 is 2.31 bits per heavy atom. The molecular weight excluding hydrogens is 204 g/mol. The van der Waals surface area contributed by atoms with E-state index < -0.39 is 0 Å². The molecule has 4 nitrogen and oxygen atoms in total. The van der Waals surface area contributed by atoms with Crippen molar-refractivity contribution in [1.82, 2.24) is 9.88 Å². The van der Waals surface area contributed by atoms with Gasteiger partial charge in [0, 0.05) is 19.3 Å². The van der Waals surface area contributed by atoms with Crippen LogP contribution in [-0.4, -0.2) is 34.0 Å². The molecule has 0 aliphatic heterocycles. The Morgan fingerprint density at radius 3 is 2.81 bits per heavy atom. The van der Waals surface area contributed by atoms with E-state index in [0.29, 0.717) is 13.1 Å². The van der Waals surface area contributed by atoms with Crippen molar-refractivity contribution in [3.63, 3.8) is 0 Å². The highest BCUT2D eigenvalue weighted by Gasteiger charge is 2.18. The minimum Gasteiger partial charge on any atom is -0.505 e. The number of carbonyl (C=O) groups is 1. The number of likely N-dealkylation sites (N-methyl/N-ethyl adjacent to an activating group) is 1. The average Bonchev–Trinajstić information content (AvgIpc) is 2.25. The summed E-state index contributed by atoms with van der Waals surface area (Å²) in [5.41, 5.74) is 0.983. The molecule has 0 aliphatic carbocycles. The van der Waals surface area contributed by atoms with E-state index >= 15 is 0 Å². The molecule has 0 unspecified atom stereocenters. The van der Waals surface area contributed by atoms with Crippen LogP contribution in [-0.2, 0) is 0 Å². The summed E-state index contributed by atoms with van der Waals surface area (Å²) in [4.78, 5) is 17.5. The second kappa shape index (κ2) is 5.30. The fourth-order valence-electron chi connectivity index (χ4n) is 1.36. The molecule has 16 heavy (non-hydrogen) atoms. The third-order valence-electron chi connectivity index (χ3n) is 2.12. The molecule has 0 saturated heterocycles. The monoisotopic (exact) mass is 220 g/mol.